The molecule has 3 rings (SSSR count). The molecular weight excluding hydrogens is 346 g/mol. The van der Waals surface area contributed by atoms with Crippen LogP contribution in [-0.4, -0.2) is 66.3 Å². The van der Waals surface area contributed by atoms with Gasteiger partial charge in [-0.2, -0.15) is 0 Å². The van der Waals surface area contributed by atoms with Gasteiger partial charge in [0.2, 0.25) is 11.8 Å². The fraction of sp³-hybridized carbons (Fsp3) is 0.550. The van der Waals surface area contributed by atoms with Gasteiger partial charge in [0.1, 0.15) is 5.75 Å². The Labute approximate surface area is 159 Å². The predicted molar refractivity (Wildman–Crippen MR) is 100 cm³/mol. The van der Waals surface area contributed by atoms with Gasteiger partial charge in [0, 0.05) is 38.6 Å². The maximum Gasteiger partial charge on any atom is 0.260 e. The standard InChI is InChI=1S/C20H27N3O4/c1-14(2)22-8-10-23(11-9-22)19(25)13-27-16-5-3-4-15(12-16)17-6-7-18(24)21-20(17)26/h3-5,12,14,17H,6-11,13H2,1-2H3,(H,21,24,26). The van der Waals surface area contributed by atoms with Crippen LogP contribution in [-0.2, 0) is 14.4 Å². The normalized spacial score (nSPS) is 21.3. The molecule has 7 nitrogen and oxygen atoms in total. The summed E-state index contributed by atoms with van der Waals surface area (Å²) < 4.78 is 5.68. The number of amides is 3. The largest absolute Gasteiger partial charge is 0.484 e. The first kappa shape index (κ1) is 19.4. The summed E-state index contributed by atoms with van der Waals surface area (Å²) in [5.41, 5.74) is 0.801. The number of carbonyl (C=O) groups excluding carboxylic acids is 3. The molecule has 2 heterocycles. The van der Waals surface area contributed by atoms with Crippen molar-refractivity contribution in [3.63, 3.8) is 0 Å². The summed E-state index contributed by atoms with van der Waals surface area (Å²) in [4.78, 5) is 39.9. The number of piperidine rings is 1. The van der Waals surface area contributed by atoms with Crippen LogP contribution in [0.5, 0.6) is 5.75 Å². The molecule has 3 amide bonds. The van der Waals surface area contributed by atoms with Crippen LogP contribution in [0.2, 0.25) is 0 Å². The quantitative estimate of drug-likeness (QED) is 0.783. The van der Waals surface area contributed by atoms with Gasteiger partial charge in [-0.3, -0.25) is 24.6 Å². The van der Waals surface area contributed by atoms with E-state index in [-0.39, 0.29) is 30.2 Å². The SMILES string of the molecule is CC(C)N1CCN(C(=O)COc2cccc(C3CCC(=O)NC3=O)c2)CC1. The lowest BCUT2D eigenvalue weighted by Crippen LogP contribution is -2.51. The summed E-state index contributed by atoms with van der Waals surface area (Å²) in [6.45, 7) is 7.52. The average molecular weight is 373 g/mol. The fourth-order valence-corrected chi connectivity index (χ4v) is 3.56. The molecule has 2 aliphatic heterocycles. The number of rotatable bonds is 5. The minimum absolute atomic E-state index is 0.0134. The van der Waals surface area contributed by atoms with E-state index in [2.05, 4.69) is 24.1 Å². The monoisotopic (exact) mass is 373 g/mol. The molecule has 7 heteroatoms. The van der Waals surface area contributed by atoms with Crippen molar-refractivity contribution in [3.05, 3.63) is 29.8 Å². The van der Waals surface area contributed by atoms with Crippen molar-refractivity contribution >= 4 is 17.7 Å². The van der Waals surface area contributed by atoms with Crippen molar-refractivity contribution in [3.8, 4) is 5.75 Å². The Hall–Kier alpha value is -2.41. The molecule has 2 fully saturated rings. The van der Waals surface area contributed by atoms with Crippen LogP contribution in [0.15, 0.2) is 24.3 Å². The molecule has 1 N–H and O–H groups in total. The van der Waals surface area contributed by atoms with Crippen LogP contribution >= 0.6 is 0 Å². The minimum Gasteiger partial charge on any atom is -0.484 e. The molecular formula is C20H27N3O4. The zero-order valence-electron chi connectivity index (χ0n) is 15.9. The van der Waals surface area contributed by atoms with Crippen molar-refractivity contribution in [2.45, 2.75) is 38.6 Å². The first-order chi connectivity index (χ1) is 12.9. The van der Waals surface area contributed by atoms with E-state index in [1.165, 1.54) is 0 Å². The number of ether oxygens (including phenoxy) is 1. The lowest BCUT2D eigenvalue weighted by Gasteiger charge is -2.36. The average Bonchev–Trinajstić information content (AvgIpc) is 2.66. The van der Waals surface area contributed by atoms with Crippen molar-refractivity contribution in [2.75, 3.05) is 32.8 Å². The highest BCUT2D eigenvalue weighted by molar-refractivity contribution is 6.00. The van der Waals surface area contributed by atoms with Crippen LogP contribution < -0.4 is 10.1 Å². The second-order valence-corrected chi connectivity index (χ2v) is 7.38. The van der Waals surface area contributed by atoms with Crippen LogP contribution in [0, 0.1) is 0 Å². The van der Waals surface area contributed by atoms with E-state index in [0.717, 1.165) is 31.7 Å². The van der Waals surface area contributed by atoms with Gasteiger partial charge in [0.25, 0.3) is 5.91 Å². The Morgan fingerprint density at radius 3 is 2.63 bits per heavy atom. The summed E-state index contributed by atoms with van der Waals surface area (Å²) in [5, 5.41) is 2.37. The van der Waals surface area contributed by atoms with Crippen LogP contribution in [0.3, 0.4) is 0 Å². The molecule has 0 spiro atoms. The van der Waals surface area contributed by atoms with Crippen molar-refractivity contribution in [2.24, 2.45) is 0 Å². The highest BCUT2D eigenvalue weighted by Gasteiger charge is 2.28. The molecule has 1 atom stereocenters. The number of benzene rings is 1. The number of nitrogens with zero attached hydrogens (tertiary/aromatic N) is 2. The summed E-state index contributed by atoms with van der Waals surface area (Å²) in [6, 6.07) is 7.71. The van der Waals surface area contributed by atoms with E-state index in [0.29, 0.717) is 24.6 Å². The zero-order chi connectivity index (χ0) is 19.4. The van der Waals surface area contributed by atoms with Gasteiger partial charge in [-0.05, 0) is 38.0 Å². The maximum atomic E-state index is 12.4. The van der Waals surface area contributed by atoms with Gasteiger partial charge in [-0.15, -0.1) is 0 Å². The van der Waals surface area contributed by atoms with Crippen molar-refractivity contribution < 1.29 is 19.1 Å². The number of nitrogens with one attached hydrogen (secondary N) is 1. The molecule has 146 valence electrons. The van der Waals surface area contributed by atoms with Gasteiger partial charge >= 0.3 is 0 Å². The lowest BCUT2D eigenvalue weighted by molar-refractivity contribution is -0.136. The topological polar surface area (TPSA) is 79.0 Å². The molecule has 1 aromatic rings. The number of piperazine rings is 1. The van der Waals surface area contributed by atoms with Crippen LogP contribution in [0.1, 0.15) is 38.2 Å². The minimum atomic E-state index is -0.355. The molecule has 0 aliphatic carbocycles. The first-order valence-electron chi connectivity index (χ1n) is 9.52. The molecule has 0 saturated carbocycles. The van der Waals surface area contributed by atoms with Gasteiger partial charge < -0.3 is 9.64 Å². The van der Waals surface area contributed by atoms with Crippen molar-refractivity contribution in [1.29, 1.82) is 0 Å². The molecule has 1 unspecified atom stereocenters. The van der Waals surface area contributed by atoms with E-state index in [1.807, 2.05) is 11.0 Å². The van der Waals surface area contributed by atoms with Crippen LogP contribution in [0.4, 0.5) is 0 Å². The highest BCUT2D eigenvalue weighted by atomic mass is 16.5. The predicted octanol–water partition coefficient (Wildman–Crippen LogP) is 1.14. The van der Waals surface area contributed by atoms with Crippen molar-refractivity contribution in [1.82, 2.24) is 15.1 Å². The van der Waals surface area contributed by atoms with Gasteiger partial charge in [-0.1, -0.05) is 12.1 Å². The highest BCUT2D eigenvalue weighted by Crippen LogP contribution is 2.27. The van der Waals surface area contributed by atoms with Crippen LogP contribution in [0.25, 0.3) is 0 Å². The van der Waals surface area contributed by atoms with Gasteiger partial charge in [0.05, 0.1) is 5.92 Å². The Morgan fingerprint density at radius 2 is 1.96 bits per heavy atom. The van der Waals surface area contributed by atoms with Gasteiger partial charge in [0.15, 0.2) is 6.61 Å². The third kappa shape index (κ3) is 4.86. The molecule has 0 aromatic heterocycles. The Kier molecular flexibility index (Phi) is 6.11. The van der Waals surface area contributed by atoms with E-state index in [4.69, 9.17) is 4.74 Å². The van der Waals surface area contributed by atoms with E-state index in [9.17, 15) is 14.4 Å². The Morgan fingerprint density at radius 1 is 1.22 bits per heavy atom. The summed E-state index contributed by atoms with van der Waals surface area (Å²) in [6.07, 6.45) is 0.829. The Balaban J connectivity index is 1.53. The second kappa shape index (κ2) is 8.52. The zero-order valence-corrected chi connectivity index (χ0v) is 15.9. The first-order valence-corrected chi connectivity index (χ1v) is 9.52. The molecule has 2 saturated heterocycles. The molecule has 0 bridgehead atoms. The fourth-order valence-electron chi connectivity index (χ4n) is 3.56. The number of imide groups is 1. The third-order valence-corrected chi connectivity index (χ3v) is 5.26. The molecule has 0 radical (unpaired) electrons. The summed E-state index contributed by atoms with van der Waals surface area (Å²) >= 11 is 0. The van der Waals surface area contributed by atoms with E-state index in [1.54, 1.807) is 18.2 Å². The van der Waals surface area contributed by atoms with E-state index >= 15 is 0 Å². The van der Waals surface area contributed by atoms with E-state index < -0.39 is 0 Å². The maximum absolute atomic E-state index is 12.4. The molecule has 2 aliphatic rings. The summed E-state index contributed by atoms with van der Waals surface area (Å²) in [7, 11) is 0. The molecule has 27 heavy (non-hydrogen) atoms. The smallest absolute Gasteiger partial charge is 0.260 e. The number of hydrogen-bond donors (Lipinski definition) is 1. The number of hydrogen-bond acceptors (Lipinski definition) is 5. The second-order valence-electron chi connectivity index (χ2n) is 7.38. The molecule has 1 aromatic carbocycles. The number of carbonyl (C=O) groups is 3. The Bertz CT molecular complexity index is 711. The third-order valence-electron chi connectivity index (χ3n) is 5.26. The summed E-state index contributed by atoms with van der Waals surface area (Å²) in [5.74, 6) is -0.323. The van der Waals surface area contributed by atoms with Gasteiger partial charge in [-0.25, -0.2) is 0 Å². The lowest BCUT2D eigenvalue weighted by atomic mass is 9.90.